The lowest BCUT2D eigenvalue weighted by Gasteiger charge is -2.30. The highest BCUT2D eigenvalue weighted by molar-refractivity contribution is 5.02. The predicted octanol–water partition coefficient (Wildman–Crippen LogP) is 1.69. The Hall–Kier alpha value is -0.380. The van der Waals surface area contributed by atoms with Crippen LogP contribution >= 0.6 is 0 Å². The van der Waals surface area contributed by atoms with Crippen molar-refractivity contribution < 1.29 is 10.2 Å². The maximum Gasteiger partial charge on any atom is 0.0894 e. The Morgan fingerprint density at radius 1 is 1.19 bits per heavy atom. The highest BCUT2D eigenvalue weighted by Crippen LogP contribution is 2.34. The van der Waals surface area contributed by atoms with Gasteiger partial charge in [-0.3, -0.25) is 0 Å². The van der Waals surface area contributed by atoms with Crippen LogP contribution in [0.3, 0.4) is 0 Å². The average Bonchev–Trinajstić information content (AvgIpc) is 2.09. The van der Waals surface area contributed by atoms with E-state index in [9.17, 15) is 5.11 Å². The highest BCUT2D eigenvalue weighted by atomic mass is 16.3. The molecule has 3 heteroatoms. The van der Waals surface area contributed by atoms with Gasteiger partial charge in [0, 0.05) is 0 Å². The average molecular weight is 229 g/mol. The van der Waals surface area contributed by atoms with Crippen LogP contribution in [0, 0.1) is 10.8 Å². The molecular formula is C13H27NO2. The second kappa shape index (κ2) is 5.80. The first-order chi connectivity index (χ1) is 7.07. The molecule has 2 atom stereocenters. The van der Waals surface area contributed by atoms with E-state index < -0.39 is 12.1 Å². The van der Waals surface area contributed by atoms with Crippen molar-refractivity contribution >= 4 is 0 Å². The highest BCUT2D eigenvalue weighted by Gasteiger charge is 2.23. The summed E-state index contributed by atoms with van der Waals surface area (Å²) in [5.74, 6) is 0. The summed E-state index contributed by atoms with van der Waals surface area (Å²) in [5.41, 5.74) is 5.79. The van der Waals surface area contributed by atoms with E-state index in [4.69, 9.17) is 10.8 Å². The summed E-state index contributed by atoms with van der Waals surface area (Å²) in [6.07, 6.45) is 3.92. The fourth-order valence-corrected chi connectivity index (χ4v) is 2.04. The topological polar surface area (TPSA) is 66.5 Å². The number of allylic oxidation sites excluding steroid dienone is 1. The van der Waals surface area contributed by atoms with Crippen molar-refractivity contribution in [1.29, 1.82) is 0 Å². The largest absolute Gasteiger partial charge is 0.395 e. The van der Waals surface area contributed by atoms with E-state index in [0.29, 0.717) is 0 Å². The molecule has 0 radical (unpaired) electrons. The fourth-order valence-electron chi connectivity index (χ4n) is 2.04. The third kappa shape index (κ3) is 6.99. The van der Waals surface area contributed by atoms with Gasteiger partial charge in [-0.2, -0.15) is 0 Å². The number of hydrogen-bond donors (Lipinski definition) is 3. The Bertz CT molecular complexity index is 229. The van der Waals surface area contributed by atoms with Crippen molar-refractivity contribution in [2.45, 2.75) is 53.2 Å². The van der Waals surface area contributed by atoms with Gasteiger partial charge in [-0.15, -0.1) is 0 Å². The monoisotopic (exact) mass is 229 g/mol. The van der Waals surface area contributed by atoms with Gasteiger partial charge in [0.25, 0.3) is 0 Å². The molecule has 0 aliphatic carbocycles. The number of nitrogens with two attached hydrogens (primary N) is 1. The van der Waals surface area contributed by atoms with Crippen molar-refractivity contribution in [3.05, 3.63) is 12.2 Å². The van der Waals surface area contributed by atoms with Gasteiger partial charge in [0.2, 0.25) is 0 Å². The number of aliphatic hydroxyl groups is 2. The zero-order valence-corrected chi connectivity index (χ0v) is 11.2. The second-order valence-electron chi connectivity index (χ2n) is 6.42. The van der Waals surface area contributed by atoms with Crippen LogP contribution in [-0.4, -0.2) is 29.0 Å². The molecule has 2 unspecified atom stereocenters. The van der Waals surface area contributed by atoms with E-state index in [1.54, 1.807) is 6.08 Å². The van der Waals surface area contributed by atoms with Crippen molar-refractivity contribution in [3.8, 4) is 0 Å². The number of hydrogen-bond acceptors (Lipinski definition) is 3. The molecule has 0 heterocycles. The lowest BCUT2D eigenvalue weighted by atomic mass is 9.76. The summed E-state index contributed by atoms with van der Waals surface area (Å²) < 4.78 is 0. The van der Waals surface area contributed by atoms with E-state index in [1.165, 1.54) is 0 Å². The molecule has 0 fully saturated rings. The predicted molar refractivity (Wildman–Crippen MR) is 68.1 cm³/mol. The molecule has 0 aliphatic rings. The summed E-state index contributed by atoms with van der Waals surface area (Å²) >= 11 is 0. The minimum atomic E-state index is -0.774. The maximum absolute atomic E-state index is 9.61. The molecule has 0 saturated carbocycles. The molecular weight excluding hydrogens is 202 g/mol. The van der Waals surface area contributed by atoms with Gasteiger partial charge in [0.1, 0.15) is 0 Å². The van der Waals surface area contributed by atoms with Crippen molar-refractivity contribution in [2.24, 2.45) is 16.6 Å². The van der Waals surface area contributed by atoms with Crippen molar-refractivity contribution in [2.75, 3.05) is 6.61 Å². The number of aliphatic hydroxyl groups excluding tert-OH is 2. The molecule has 16 heavy (non-hydrogen) atoms. The standard InChI is InChI=1S/C13H27NO2/c1-12(2,3)9-13(4,5)7-6-11(16)10(14)8-15/h6-7,10-11,15-16H,8-9,14H2,1-5H3/b7-6+. The third-order valence-corrected chi connectivity index (χ3v) is 2.38. The van der Waals surface area contributed by atoms with E-state index in [0.717, 1.165) is 6.42 Å². The van der Waals surface area contributed by atoms with Crippen LogP contribution in [0.5, 0.6) is 0 Å². The summed E-state index contributed by atoms with van der Waals surface area (Å²) in [4.78, 5) is 0. The molecule has 0 rings (SSSR count). The Labute approximate surface area is 99.4 Å². The van der Waals surface area contributed by atoms with E-state index in [2.05, 4.69) is 34.6 Å². The normalized spacial score (nSPS) is 17.8. The van der Waals surface area contributed by atoms with Crippen LogP contribution in [0.4, 0.5) is 0 Å². The Morgan fingerprint density at radius 2 is 1.69 bits per heavy atom. The molecule has 0 amide bonds. The fraction of sp³-hybridized carbons (Fsp3) is 0.846. The summed E-state index contributed by atoms with van der Waals surface area (Å²) in [6, 6.07) is -0.596. The van der Waals surface area contributed by atoms with Gasteiger partial charge >= 0.3 is 0 Å². The van der Waals surface area contributed by atoms with Gasteiger partial charge in [-0.05, 0) is 17.3 Å². The quantitative estimate of drug-likeness (QED) is 0.628. The maximum atomic E-state index is 9.61. The summed E-state index contributed by atoms with van der Waals surface area (Å²) in [6.45, 7) is 10.6. The lowest BCUT2D eigenvalue weighted by molar-refractivity contribution is 0.142. The van der Waals surface area contributed by atoms with E-state index in [1.807, 2.05) is 6.08 Å². The zero-order chi connectivity index (χ0) is 13.0. The molecule has 96 valence electrons. The van der Waals surface area contributed by atoms with Gasteiger partial charge in [0.15, 0.2) is 0 Å². The van der Waals surface area contributed by atoms with E-state index in [-0.39, 0.29) is 17.4 Å². The van der Waals surface area contributed by atoms with Crippen molar-refractivity contribution in [3.63, 3.8) is 0 Å². The second-order valence-corrected chi connectivity index (χ2v) is 6.42. The Balaban J connectivity index is 4.40. The minimum absolute atomic E-state index is 0.0222. The number of rotatable bonds is 5. The van der Waals surface area contributed by atoms with Gasteiger partial charge in [-0.25, -0.2) is 0 Å². The van der Waals surface area contributed by atoms with Crippen LogP contribution in [0.1, 0.15) is 41.0 Å². The summed E-state index contributed by atoms with van der Waals surface area (Å²) in [5, 5.41) is 18.4. The molecule has 0 aromatic heterocycles. The molecule has 0 aromatic rings. The van der Waals surface area contributed by atoms with Crippen LogP contribution in [0.15, 0.2) is 12.2 Å². The van der Waals surface area contributed by atoms with Crippen LogP contribution in [0.25, 0.3) is 0 Å². The minimum Gasteiger partial charge on any atom is -0.395 e. The van der Waals surface area contributed by atoms with Gasteiger partial charge < -0.3 is 15.9 Å². The van der Waals surface area contributed by atoms with Gasteiger partial charge in [-0.1, -0.05) is 46.8 Å². The first kappa shape index (κ1) is 15.6. The molecule has 0 saturated heterocycles. The molecule has 0 bridgehead atoms. The van der Waals surface area contributed by atoms with Gasteiger partial charge in [0.05, 0.1) is 18.8 Å². The SMILES string of the molecule is CC(C)(C)CC(C)(C)/C=C/C(O)C(N)CO. The van der Waals surface area contributed by atoms with Crippen LogP contribution < -0.4 is 5.73 Å². The van der Waals surface area contributed by atoms with Crippen molar-refractivity contribution in [1.82, 2.24) is 0 Å². The van der Waals surface area contributed by atoms with E-state index >= 15 is 0 Å². The molecule has 0 aliphatic heterocycles. The molecule has 0 spiro atoms. The molecule has 0 aromatic carbocycles. The third-order valence-electron chi connectivity index (χ3n) is 2.38. The lowest BCUT2D eigenvalue weighted by Crippen LogP contribution is -2.36. The molecule has 4 N–H and O–H groups in total. The smallest absolute Gasteiger partial charge is 0.0894 e. The first-order valence-electron chi connectivity index (χ1n) is 5.81. The first-order valence-corrected chi connectivity index (χ1v) is 5.81. The summed E-state index contributed by atoms with van der Waals surface area (Å²) in [7, 11) is 0. The van der Waals surface area contributed by atoms with Crippen LogP contribution in [0.2, 0.25) is 0 Å². The Kier molecular flexibility index (Phi) is 5.66. The Morgan fingerprint density at radius 3 is 2.06 bits per heavy atom. The molecule has 3 nitrogen and oxygen atoms in total. The van der Waals surface area contributed by atoms with Crippen LogP contribution in [-0.2, 0) is 0 Å². The zero-order valence-electron chi connectivity index (χ0n) is 11.2.